The zero-order valence-electron chi connectivity index (χ0n) is 15.3. The van der Waals surface area contributed by atoms with Crippen LogP contribution in [0.3, 0.4) is 0 Å². The third-order valence-corrected chi connectivity index (χ3v) is 4.61. The number of ether oxygens (including phenoxy) is 1. The maximum Gasteiger partial charge on any atom is 0.258 e. The Bertz CT molecular complexity index is 775. The van der Waals surface area contributed by atoms with Gasteiger partial charge in [0.15, 0.2) is 0 Å². The van der Waals surface area contributed by atoms with Crippen LogP contribution in [0.1, 0.15) is 41.5 Å². The van der Waals surface area contributed by atoms with Crippen molar-refractivity contribution in [1.82, 2.24) is 20.0 Å². The second kappa shape index (κ2) is 8.31. The van der Waals surface area contributed by atoms with E-state index in [1.165, 1.54) is 32.1 Å². The molecule has 1 aromatic heterocycles. The fraction of sp³-hybridized carbons (Fsp3) is 0.474. The van der Waals surface area contributed by atoms with Gasteiger partial charge in [-0.2, -0.15) is 5.10 Å². The number of fused-ring (bicyclic) bond motifs is 1. The predicted molar refractivity (Wildman–Crippen MR) is 96.5 cm³/mol. The topological polar surface area (TPSA) is 59.4 Å². The molecule has 1 aromatic carbocycles. The number of carbonyl (C=O) groups excluding carboxylic acids is 1. The molecule has 0 radical (unpaired) electrons. The summed E-state index contributed by atoms with van der Waals surface area (Å²) < 4.78 is 21.1. The lowest BCUT2D eigenvalue weighted by Gasteiger charge is -2.27. The number of aromatic nitrogens is 2. The normalized spacial score (nSPS) is 14.1. The highest BCUT2D eigenvalue weighted by Gasteiger charge is 2.20. The molecule has 0 unspecified atom stereocenters. The first-order valence-electron chi connectivity index (χ1n) is 9.01. The lowest BCUT2D eigenvalue weighted by atomic mass is 10.1. The molecule has 7 heteroatoms. The Kier molecular flexibility index (Phi) is 5.88. The quantitative estimate of drug-likeness (QED) is 0.824. The van der Waals surface area contributed by atoms with E-state index in [9.17, 15) is 9.18 Å². The molecule has 0 spiro atoms. The third kappa shape index (κ3) is 4.04. The minimum Gasteiger partial charge on any atom is -0.496 e. The van der Waals surface area contributed by atoms with Crippen molar-refractivity contribution < 1.29 is 13.9 Å². The first-order chi connectivity index (χ1) is 12.6. The summed E-state index contributed by atoms with van der Waals surface area (Å²) in [5, 5.41) is 7.28. The third-order valence-electron chi connectivity index (χ3n) is 4.61. The molecule has 0 atom stereocenters. The fourth-order valence-electron chi connectivity index (χ4n) is 3.19. The van der Waals surface area contributed by atoms with Crippen LogP contribution in [0.2, 0.25) is 0 Å². The number of hydrogen-bond acceptors (Lipinski definition) is 4. The van der Waals surface area contributed by atoms with Gasteiger partial charge >= 0.3 is 0 Å². The monoisotopic (exact) mass is 360 g/mol. The first-order valence-corrected chi connectivity index (χ1v) is 9.01. The minimum atomic E-state index is -0.599. The van der Waals surface area contributed by atoms with Crippen LogP contribution in [0.25, 0.3) is 0 Å². The largest absolute Gasteiger partial charge is 0.496 e. The van der Waals surface area contributed by atoms with Crippen LogP contribution < -0.4 is 10.1 Å². The van der Waals surface area contributed by atoms with Crippen molar-refractivity contribution >= 4 is 5.91 Å². The number of rotatable bonds is 7. The summed E-state index contributed by atoms with van der Waals surface area (Å²) in [4.78, 5) is 14.8. The van der Waals surface area contributed by atoms with Crippen molar-refractivity contribution in [2.45, 2.75) is 39.4 Å². The van der Waals surface area contributed by atoms with Crippen LogP contribution >= 0.6 is 0 Å². The summed E-state index contributed by atoms with van der Waals surface area (Å²) in [5.74, 6) is -0.883. The van der Waals surface area contributed by atoms with E-state index in [0.717, 1.165) is 37.6 Å². The molecule has 1 aliphatic heterocycles. The number of methoxy groups -OCH3 is 1. The first kappa shape index (κ1) is 18.4. The number of halogens is 1. The summed E-state index contributed by atoms with van der Waals surface area (Å²) in [5.41, 5.74) is 1.85. The number of benzene rings is 1. The van der Waals surface area contributed by atoms with Gasteiger partial charge in [0.25, 0.3) is 5.91 Å². The number of nitrogens with zero attached hydrogens (tertiary/aromatic N) is 3. The van der Waals surface area contributed by atoms with E-state index in [1.54, 1.807) is 6.07 Å². The Hall–Kier alpha value is -2.41. The van der Waals surface area contributed by atoms with E-state index >= 15 is 0 Å². The molecular formula is C19H25FN4O2. The maximum atomic E-state index is 14.0. The Balaban J connectivity index is 1.63. The van der Waals surface area contributed by atoms with Crippen molar-refractivity contribution in [3.63, 3.8) is 0 Å². The molecule has 140 valence electrons. The SMILES string of the molecule is CCCCN1CCn2nc(CNC(=O)c3c(F)cccc3OC)cc2C1. The van der Waals surface area contributed by atoms with E-state index in [0.29, 0.717) is 0 Å². The maximum absolute atomic E-state index is 14.0. The van der Waals surface area contributed by atoms with Crippen molar-refractivity contribution in [2.75, 3.05) is 20.2 Å². The number of nitrogens with one attached hydrogen (secondary N) is 1. The van der Waals surface area contributed by atoms with E-state index in [2.05, 4.69) is 22.2 Å². The molecule has 2 heterocycles. The summed E-state index contributed by atoms with van der Waals surface area (Å²) >= 11 is 0. The Morgan fingerprint density at radius 2 is 2.23 bits per heavy atom. The van der Waals surface area contributed by atoms with Crippen molar-refractivity contribution in [1.29, 1.82) is 0 Å². The van der Waals surface area contributed by atoms with Gasteiger partial charge in [-0.05, 0) is 31.2 Å². The summed E-state index contributed by atoms with van der Waals surface area (Å²) in [7, 11) is 1.42. The average Bonchev–Trinajstić information content (AvgIpc) is 3.06. The highest BCUT2D eigenvalue weighted by molar-refractivity contribution is 5.97. The Morgan fingerprint density at radius 3 is 3.00 bits per heavy atom. The lowest BCUT2D eigenvalue weighted by Crippen LogP contribution is -2.34. The van der Waals surface area contributed by atoms with Crippen molar-refractivity contribution in [3.05, 3.63) is 47.0 Å². The van der Waals surface area contributed by atoms with Crippen LogP contribution in [0.4, 0.5) is 4.39 Å². The second-order valence-corrected chi connectivity index (χ2v) is 6.48. The van der Waals surface area contributed by atoms with Gasteiger partial charge in [-0.1, -0.05) is 19.4 Å². The summed E-state index contributed by atoms with van der Waals surface area (Å²) in [6.07, 6.45) is 2.38. The van der Waals surface area contributed by atoms with Gasteiger partial charge in [0.05, 0.1) is 31.6 Å². The van der Waals surface area contributed by atoms with Gasteiger partial charge in [0.2, 0.25) is 0 Å². The second-order valence-electron chi connectivity index (χ2n) is 6.48. The summed E-state index contributed by atoms with van der Waals surface area (Å²) in [6, 6.07) is 6.34. The van der Waals surface area contributed by atoms with Crippen LogP contribution in [0, 0.1) is 5.82 Å². The molecule has 0 saturated heterocycles. The Labute approximate surface area is 152 Å². The molecule has 3 rings (SSSR count). The molecule has 1 N–H and O–H groups in total. The Morgan fingerprint density at radius 1 is 1.38 bits per heavy atom. The minimum absolute atomic E-state index is 0.0790. The van der Waals surface area contributed by atoms with E-state index < -0.39 is 11.7 Å². The molecule has 6 nitrogen and oxygen atoms in total. The van der Waals surface area contributed by atoms with Gasteiger partial charge in [0, 0.05) is 13.1 Å². The van der Waals surface area contributed by atoms with Crippen LogP contribution in [-0.4, -0.2) is 40.8 Å². The predicted octanol–water partition coefficient (Wildman–Crippen LogP) is 2.58. The average molecular weight is 360 g/mol. The standard InChI is InChI=1S/C19H25FN4O2/c1-3-4-8-23-9-10-24-15(13-23)11-14(22-24)12-21-19(25)18-16(20)6-5-7-17(18)26-2/h5-7,11H,3-4,8-10,12-13H2,1-2H3,(H,21,25). The van der Waals surface area contributed by atoms with Crippen LogP contribution in [0.15, 0.2) is 24.3 Å². The zero-order valence-corrected chi connectivity index (χ0v) is 15.3. The molecule has 1 aliphatic rings. The molecular weight excluding hydrogens is 335 g/mol. The highest BCUT2D eigenvalue weighted by atomic mass is 19.1. The number of hydrogen-bond donors (Lipinski definition) is 1. The lowest BCUT2D eigenvalue weighted by molar-refractivity contribution is 0.0943. The van der Waals surface area contributed by atoms with Gasteiger partial charge in [0.1, 0.15) is 17.1 Å². The fourth-order valence-corrected chi connectivity index (χ4v) is 3.19. The van der Waals surface area contributed by atoms with Crippen molar-refractivity contribution in [3.8, 4) is 5.75 Å². The number of unbranched alkanes of at least 4 members (excludes halogenated alkanes) is 1. The van der Waals surface area contributed by atoms with Crippen LogP contribution in [0.5, 0.6) is 5.75 Å². The molecule has 2 aromatic rings. The van der Waals surface area contributed by atoms with E-state index in [4.69, 9.17) is 4.74 Å². The smallest absolute Gasteiger partial charge is 0.258 e. The number of amides is 1. The molecule has 0 aliphatic carbocycles. The van der Waals surface area contributed by atoms with Gasteiger partial charge in [-0.25, -0.2) is 4.39 Å². The van der Waals surface area contributed by atoms with E-state index in [1.807, 2.05) is 10.7 Å². The molecule has 0 saturated carbocycles. The number of carbonyl (C=O) groups is 1. The van der Waals surface area contributed by atoms with Crippen LogP contribution in [-0.2, 0) is 19.6 Å². The van der Waals surface area contributed by atoms with Crippen molar-refractivity contribution in [2.24, 2.45) is 0 Å². The molecule has 0 fully saturated rings. The van der Waals surface area contributed by atoms with Gasteiger partial charge in [-0.3, -0.25) is 14.4 Å². The van der Waals surface area contributed by atoms with Gasteiger partial charge < -0.3 is 10.1 Å². The molecule has 26 heavy (non-hydrogen) atoms. The van der Waals surface area contributed by atoms with Gasteiger partial charge in [-0.15, -0.1) is 0 Å². The molecule has 0 bridgehead atoms. The highest BCUT2D eigenvalue weighted by Crippen LogP contribution is 2.21. The zero-order chi connectivity index (χ0) is 18.5. The summed E-state index contributed by atoms with van der Waals surface area (Å²) in [6.45, 7) is 6.27. The van der Waals surface area contributed by atoms with E-state index in [-0.39, 0.29) is 17.9 Å². The molecule has 1 amide bonds.